The zero-order valence-electron chi connectivity index (χ0n) is 16.2. The fourth-order valence-electron chi connectivity index (χ4n) is 3.30. The van der Waals surface area contributed by atoms with E-state index in [-0.39, 0.29) is 5.91 Å². The van der Waals surface area contributed by atoms with E-state index < -0.39 is 6.23 Å². The standard InChI is InChI=1S/C21H19ClN4O2S/c1-4-13-5-7-14(8-6-13)20-26(12(2)27)17-10-9-15(22)11-16(17)18-19(28-20)23-21(29-3)25-24-18/h5-11,20H,4H2,1-3H3. The van der Waals surface area contributed by atoms with Crippen molar-refractivity contribution in [1.29, 1.82) is 0 Å². The molecule has 0 N–H and O–H groups in total. The van der Waals surface area contributed by atoms with Crippen LogP contribution in [0.3, 0.4) is 0 Å². The van der Waals surface area contributed by atoms with Crippen LogP contribution in [0.4, 0.5) is 5.69 Å². The van der Waals surface area contributed by atoms with Crippen LogP contribution in [-0.4, -0.2) is 27.3 Å². The Hall–Kier alpha value is -2.64. The Bertz CT molecular complexity index is 1070. The lowest BCUT2D eigenvalue weighted by Crippen LogP contribution is -2.36. The van der Waals surface area contributed by atoms with Crippen LogP contribution in [-0.2, 0) is 11.2 Å². The summed E-state index contributed by atoms with van der Waals surface area (Å²) in [6, 6.07) is 13.3. The van der Waals surface area contributed by atoms with Crippen molar-refractivity contribution in [2.75, 3.05) is 11.2 Å². The number of ether oxygens (including phenoxy) is 1. The van der Waals surface area contributed by atoms with Crippen LogP contribution in [0, 0.1) is 0 Å². The Morgan fingerprint density at radius 3 is 2.62 bits per heavy atom. The van der Waals surface area contributed by atoms with Gasteiger partial charge in [0.25, 0.3) is 0 Å². The molecule has 2 heterocycles. The predicted octanol–water partition coefficient (Wildman–Crippen LogP) is 4.92. The van der Waals surface area contributed by atoms with Gasteiger partial charge in [-0.3, -0.25) is 9.69 Å². The molecule has 1 aliphatic rings. The molecule has 3 aromatic rings. The maximum atomic E-state index is 12.7. The number of nitrogens with zero attached hydrogens (tertiary/aromatic N) is 4. The van der Waals surface area contributed by atoms with Gasteiger partial charge in [0.05, 0.1) is 5.69 Å². The zero-order valence-corrected chi connectivity index (χ0v) is 17.8. The van der Waals surface area contributed by atoms with Crippen molar-refractivity contribution < 1.29 is 9.53 Å². The van der Waals surface area contributed by atoms with E-state index in [9.17, 15) is 4.79 Å². The normalized spacial score (nSPS) is 15.2. The predicted molar refractivity (Wildman–Crippen MR) is 114 cm³/mol. The Labute approximate surface area is 178 Å². The van der Waals surface area contributed by atoms with E-state index in [1.165, 1.54) is 24.2 Å². The van der Waals surface area contributed by atoms with E-state index >= 15 is 0 Å². The van der Waals surface area contributed by atoms with Gasteiger partial charge in [-0.05, 0) is 36.4 Å². The Balaban J connectivity index is 1.95. The summed E-state index contributed by atoms with van der Waals surface area (Å²) < 4.78 is 6.29. The van der Waals surface area contributed by atoms with E-state index in [2.05, 4.69) is 22.1 Å². The molecule has 0 radical (unpaired) electrons. The first-order valence-electron chi connectivity index (χ1n) is 9.15. The van der Waals surface area contributed by atoms with Crippen LogP contribution < -0.4 is 9.64 Å². The van der Waals surface area contributed by atoms with Gasteiger partial charge in [-0.25, -0.2) is 0 Å². The number of benzene rings is 2. The molecule has 29 heavy (non-hydrogen) atoms. The number of halogens is 1. The smallest absolute Gasteiger partial charge is 0.247 e. The average Bonchev–Trinajstić information content (AvgIpc) is 2.87. The number of anilines is 1. The minimum Gasteiger partial charge on any atom is -0.447 e. The lowest BCUT2D eigenvalue weighted by molar-refractivity contribution is -0.118. The highest BCUT2D eigenvalue weighted by atomic mass is 35.5. The Morgan fingerprint density at radius 2 is 1.97 bits per heavy atom. The molecule has 148 valence electrons. The molecule has 1 aromatic heterocycles. The SMILES string of the molecule is CCc1ccc(C2Oc3nc(SC)nnc3-c3cc(Cl)ccc3N2C(C)=O)cc1. The molecule has 0 aliphatic carbocycles. The van der Waals surface area contributed by atoms with Gasteiger partial charge >= 0.3 is 0 Å². The van der Waals surface area contributed by atoms with Crippen LogP contribution in [0.15, 0.2) is 47.6 Å². The number of amides is 1. The van der Waals surface area contributed by atoms with Crippen molar-refractivity contribution in [2.45, 2.75) is 31.7 Å². The number of rotatable bonds is 3. The molecule has 0 fully saturated rings. The number of thioether (sulfide) groups is 1. The van der Waals surface area contributed by atoms with Gasteiger partial charge in [0, 0.05) is 23.1 Å². The first-order valence-corrected chi connectivity index (χ1v) is 10.8. The molecule has 1 amide bonds. The van der Waals surface area contributed by atoms with Crippen LogP contribution in [0.1, 0.15) is 31.2 Å². The summed E-state index contributed by atoms with van der Waals surface area (Å²) in [7, 11) is 0. The number of carbonyl (C=O) groups is 1. The molecule has 1 aliphatic heterocycles. The third-order valence-corrected chi connectivity index (χ3v) is 5.53. The van der Waals surface area contributed by atoms with Crippen LogP contribution >= 0.6 is 23.4 Å². The molecule has 4 rings (SSSR count). The molecule has 0 saturated carbocycles. The van der Waals surface area contributed by atoms with Gasteiger partial charge < -0.3 is 4.74 Å². The van der Waals surface area contributed by atoms with Gasteiger partial charge in [0.1, 0.15) is 0 Å². The van der Waals surface area contributed by atoms with Gasteiger partial charge in [0.15, 0.2) is 5.69 Å². The number of aromatic nitrogens is 3. The summed E-state index contributed by atoms with van der Waals surface area (Å²) >= 11 is 7.62. The third-order valence-electron chi connectivity index (χ3n) is 4.76. The second kappa shape index (κ2) is 8.00. The number of hydrogen-bond acceptors (Lipinski definition) is 6. The fraction of sp³-hybridized carbons (Fsp3) is 0.238. The Morgan fingerprint density at radius 1 is 1.21 bits per heavy atom. The van der Waals surface area contributed by atoms with Crippen molar-refractivity contribution in [3.63, 3.8) is 0 Å². The van der Waals surface area contributed by atoms with Crippen molar-refractivity contribution >= 4 is 35.0 Å². The number of aryl methyl sites for hydroxylation is 1. The Kier molecular flexibility index (Phi) is 5.43. The summed E-state index contributed by atoms with van der Waals surface area (Å²) in [5.41, 5.74) is 3.81. The summed E-state index contributed by atoms with van der Waals surface area (Å²) in [5.74, 6) is 0.158. The van der Waals surface area contributed by atoms with Crippen molar-refractivity contribution in [3.8, 4) is 17.1 Å². The second-order valence-electron chi connectivity index (χ2n) is 6.57. The summed E-state index contributed by atoms with van der Waals surface area (Å²) in [6.07, 6.45) is 2.11. The molecule has 0 spiro atoms. The minimum atomic E-state index is -0.689. The fourth-order valence-corrected chi connectivity index (χ4v) is 3.77. The van der Waals surface area contributed by atoms with Gasteiger partial charge in [-0.2, -0.15) is 4.98 Å². The lowest BCUT2D eigenvalue weighted by Gasteiger charge is -2.30. The molecule has 0 saturated heterocycles. The summed E-state index contributed by atoms with van der Waals surface area (Å²) in [4.78, 5) is 18.8. The summed E-state index contributed by atoms with van der Waals surface area (Å²) in [5, 5.41) is 9.49. The number of carbonyl (C=O) groups excluding carboxylic acids is 1. The first-order chi connectivity index (χ1) is 14.0. The summed E-state index contributed by atoms with van der Waals surface area (Å²) in [6.45, 7) is 3.61. The van der Waals surface area contributed by atoms with Crippen molar-refractivity contribution in [1.82, 2.24) is 15.2 Å². The van der Waals surface area contributed by atoms with E-state index in [4.69, 9.17) is 16.3 Å². The van der Waals surface area contributed by atoms with Crippen LogP contribution in [0.5, 0.6) is 5.88 Å². The van der Waals surface area contributed by atoms with Crippen LogP contribution in [0.25, 0.3) is 11.3 Å². The lowest BCUT2D eigenvalue weighted by atomic mass is 10.1. The maximum Gasteiger partial charge on any atom is 0.247 e. The van der Waals surface area contributed by atoms with E-state index in [0.29, 0.717) is 33.0 Å². The quantitative estimate of drug-likeness (QED) is 0.553. The highest BCUT2D eigenvalue weighted by Crippen LogP contribution is 2.44. The van der Waals surface area contributed by atoms with Gasteiger partial charge in [-0.15, -0.1) is 10.2 Å². The molecular formula is C21H19ClN4O2S. The third kappa shape index (κ3) is 3.68. The zero-order chi connectivity index (χ0) is 20.5. The number of fused-ring (bicyclic) bond motifs is 3. The van der Waals surface area contributed by atoms with Gasteiger partial charge in [0.2, 0.25) is 23.2 Å². The molecule has 1 atom stereocenters. The minimum absolute atomic E-state index is 0.163. The van der Waals surface area contributed by atoms with Crippen LogP contribution in [0.2, 0.25) is 5.02 Å². The molecule has 6 nitrogen and oxygen atoms in total. The van der Waals surface area contributed by atoms with Crippen molar-refractivity contribution in [2.24, 2.45) is 0 Å². The second-order valence-corrected chi connectivity index (χ2v) is 7.78. The van der Waals surface area contributed by atoms with Crippen molar-refractivity contribution in [3.05, 3.63) is 58.6 Å². The van der Waals surface area contributed by atoms with E-state index in [1.54, 1.807) is 23.1 Å². The average molecular weight is 427 g/mol. The highest BCUT2D eigenvalue weighted by Gasteiger charge is 2.34. The first kappa shape index (κ1) is 19.7. The molecular weight excluding hydrogens is 408 g/mol. The van der Waals surface area contributed by atoms with Gasteiger partial charge in [-0.1, -0.05) is 54.6 Å². The largest absolute Gasteiger partial charge is 0.447 e. The monoisotopic (exact) mass is 426 g/mol. The molecule has 1 unspecified atom stereocenters. The number of hydrogen-bond donors (Lipinski definition) is 0. The van der Waals surface area contributed by atoms with E-state index in [0.717, 1.165) is 12.0 Å². The highest BCUT2D eigenvalue weighted by molar-refractivity contribution is 7.98. The topological polar surface area (TPSA) is 68.2 Å². The maximum absolute atomic E-state index is 12.7. The molecule has 8 heteroatoms. The molecule has 2 aromatic carbocycles. The molecule has 0 bridgehead atoms. The van der Waals surface area contributed by atoms with E-state index in [1.807, 2.05) is 30.5 Å².